The van der Waals surface area contributed by atoms with Crippen molar-refractivity contribution in [1.29, 1.82) is 5.26 Å². The van der Waals surface area contributed by atoms with Crippen molar-refractivity contribution >= 4 is 5.97 Å². The van der Waals surface area contributed by atoms with E-state index in [4.69, 9.17) is 14.7 Å². The fourth-order valence-electron chi connectivity index (χ4n) is 1.24. The molecule has 0 aromatic heterocycles. The minimum Gasteiger partial charge on any atom is -0.490 e. The number of ether oxygens (including phenoxy) is 2. The van der Waals surface area contributed by atoms with Crippen molar-refractivity contribution in [3.8, 4) is 11.8 Å². The van der Waals surface area contributed by atoms with Crippen LogP contribution in [-0.2, 0) is 9.53 Å². The van der Waals surface area contributed by atoms with Crippen LogP contribution in [-0.4, -0.2) is 19.2 Å². The largest absolute Gasteiger partial charge is 0.490 e. The Morgan fingerprint density at radius 2 is 2.00 bits per heavy atom. The highest BCUT2D eigenvalue weighted by molar-refractivity contribution is 5.71. The van der Waals surface area contributed by atoms with Crippen molar-refractivity contribution in [1.82, 2.24) is 0 Å². The molecule has 0 aliphatic heterocycles. The standard InChI is InChI=1S/C14H17NO3/c1-3-11(2)14(16)18-9-8-17-13-6-4-12(10-15)5-7-13/h4-7,11H,3,8-9H2,1-2H3. The number of rotatable bonds is 6. The van der Waals surface area contributed by atoms with Gasteiger partial charge in [0.2, 0.25) is 0 Å². The van der Waals surface area contributed by atoms with E-state index in [1.807, 2.05) is 19.9 Å². The first-order valence-electron chi connectivity index (χ1n) is 5.97. The molecule has 4 heteroatoms. The quantitative estimate of drug-likeness (QED) is 0.572. The summed E-state index contributed by atoms with van der Waals surface area (Å²) in [6.07, 6.45) is 0.773. The fraction of sp³-hybridized carbons (Fsp3) is 0.429. The average molecular weight is 247 g/mol. The van der Waals surface area contributed by atoms with E-state index < -0.39 is 0 Å². The lowest BCUT2D eigenvalue weighted by molar-refractivity contribution is -0.148. The molecule has 96 valence electrons. The highest BCUT2D eigenvalue weighted by atomic mass is 16.6. The third-order valence-electron chi connectivity index (χ3n) is 2.59. The molecule has 0 heterocycles. The van der Waals surface area contributed by atoms with Crippen LogP contribution in [0, 0.1) is 17.2 Å². The van der Waals surface area contributed by atoms with E-state index in [-0.39, 0.29) is 18.5 Å². The Morgan fingerprint density at radius 3 is 2.56 bits per heavy atom. The van der Waals surface area contributed by atoms with Crippen LogP contribution in [0.2, 0.25) is 0 Å². The smallest absolute Gasteiger partial charge is 0.308 e. The van der Waals surface area contributed by atoms with Gasteiger partial charge in [-0.05, 0) is 30.7 Å². The van der Waals surface area contributed by atoms with Crippen molar-refractivity contribution in [3.63, 3.8) is 0 Å². The van der Waals surface area contributed by atoms with Gasteiger partial charge in [-0.1, -0.05) is 13.8 Å². The lowest BCUT2D eigenvalue weighted by Crippen LogP contribution is -2.17. The van der Waals surface area contributed by atoms with E-state index in [1.54, 1.807) is 24.3 Å². The third kappa shape index (κ3) is 4.46. The number of esters is 1. The number of hydrogen-bond donors (Lipinski definition) is 0. The van der Waals surface area contributed by atoms with Gasteiger partial charge in [-0.2, -0.15) is 5.26 Å². The molecule has 0 saturated carbocycles. The second-order valence-electron chi connectivity index (χ2n) is 3.96. The molecule has 1 aromatic rings. The van der Waals surface area contributed by atoms with E-state index in [2.05, 4.69) is 0 Å². The van der Waals surface area contributed by atoms with Gasteiger partial charge >= 0.3 is 5.97 Å². The predicted octanol–water partition coefficient (Wildman–Crippen LogP) is 2.53. The van der Waals surface area contributed by atoms with Crippen LogP contribution in [0.25, 0.3) is 0 Å². The van der Waals surface area contributed by atoms with Gasteiger partial charge in [0.1, 0.15) is 19.0 Å². The molecular formula is C14H17NO3. The molecule has 0 bridgehead atoms. The van der Waals surface area contributed by atoms with Gasteiger partial charge < -0.3 is 9.47 Å². The van der Waals surface area contributed by atoms with Gasteiger partial charge in [0.15, 0.2) is 0 Å². The molecule has 1 unspecified atom stereocenters. The van der Waals surface area contributed by atoms with Crippen LogP contribution >= 0.6 is 0 Å². The van der Waals surface area contributed by atoms with Crippen molar-refractivity contribution in [2.75, 3.05) is 13.2 Å². The van der Waals surface area contributed by atoms with Gasteiger partial charge in [0, 0.05) is 0 Å². The molecular weight excluding hydrogens is 230 g/mol. The van der Waals surface area contributed by atoms with E-state index in [9.17, 15) is 4.79 Å². The van der Waals surface area contributed by atoms with Gasteiger partial charge in [-0.3, -0.25) is 4.79 Å². The maximum atomic E-state index is 11.4. The number of hydrogen-bond acceptors (Lipinski definition) is 4. The molecule has 0 fully saturated rings. The fourth-order valence-corrected chi connectivity index (χ4v) is 1.24. The number of carbonyl (C=O) groups excluding carboxylic acids is 1. The Balaban J connectivity index is 2.25. The van der Waals surface area contributed by atoms with Gasteiger partial charge in [-0.15, -0.1) is 0 Å². The van der Waals surface area contributed by atoms with Crippen LogP contribution in [0.15, 0.2) is 24.3 Å². The summed E-state index contributed by atoms with van der Waals surface area (Å²) in [6, 6.07) is 8.83. The zero-order valence-corrected chi connectivity index (χ0v) is 10.7. The maximum Gasteiger partial charge on any atom is 0.308 e. The van der Waals surface area contributed by atoms with Crippen LogP contribution < -0.4 is 4.74 Å². The summed E-state index contributed by atoms with van der Waals surface area (Å²) in [5, 5.41) is 8.63. The highest BCUT2D eigenvalue weighted by Crippen LogP contribution is 2.11. The van der Waals surface area contributed by atoms with Gasteiger partial charge in [0.05, 0.1) is 17.6 Å². The second kappa shape index (κ2) is 7.33. The molecule has 1 aromatic carbocycles. The minimum atomic E-state index is -0.194. The van der Waals surface area contributed by atoms with Gasteiger partial charge in [0.25, 0.3) is 0 Å². The lowest BCUT2D eigenvalue weighted by atomic mass is 10.1. The molecule has 0 aliphatic rings. The predicted molar refractivity (Wildman–Crippen MR) is 67.1 cm³/mol. The summed E-state index contributed by atoms with van der Waals surface area (Å²) in [4.78, 5) is 11.4. The summed E-state index contributed by atoms with van der Waals surface area (Å²) in [5.74, 6) is 0.398. The molecule has 0 amide bonds. The van der Waals surface area contributed by atoms with Crippen molar-refractivity contribution in [2.24, 2.45) is 5.92 Å². The zero-order valence-electron chi connectivity index (χ0n) is 10.7. The number of carbonyl (C=O) groups is 1. The van der Waals surface area contributed by atoms with Crippen molar-refractivity contribution in [3.05, 3.63) is 29.8 Å². The Bertz CT molecular complexity index is 420. The first-order valence-corrected chi connectivity index (χ1v) is 5.97. The topological polar surface area (TPSA) is 59.3 Å². The molecule has 0 saturated heterocycles. The normalized spacial score (nSPS) is 11.4. The SMILES string of the molecule is CCC(C)C(=O)OCCOc1ccc(C#N)cc1. The van der Waals surface area contributed by atoms with Gasteiger partial charge in [-0.25, -0.2) is 0 Å². The summed E-state index contributed by atoms with van der Waals surface area (Å²) in [6.45, 7) is 4.33. The van der Waals surface area contributed by atoms with Crippen molar-refractivity contribution in [2.45, 2.75) is 20.3 Å². The molecule has 18 heavy (non-hydrogen) atoms. The Labute approximate surface area is 107 Å². The summed E-state index contributed by atoms with van der Waals surface area (Å²) >= 11 is 0. The van der Waals surface area contributed by atoms with Crippen LogP contribution in [0.3, 0.4) is 0 Å². The second-order valence-corrected chi connectivity index (χ2v) is 3.96. The summed E-state index contributed by atoms with van der Waals surface area (Å²) in [7, 11) is 0. The van der Waals surface area contributed by atoms with E-state index >= 15 is 0 Å². The Kier molecular flexibility index (Phi) is 5.72. The molecule has 0 radical (unpaired) electrons. The number of nitriles is 1. The number of nitrogens with zero attached hydrogens (tertiary/aromatic N) is 1. The van der Waals surface area contributed by atoms with Crippen LogP contribution in [0.1, 0.15) is 25.8 Å². The van der Waals surface area contributed by atoms with E-state index in [1.165, 1.54) is 0 Å². The van der Waals surface area contributed by atoms with Crippen LogP contribution in [0.5, 0.6) is 5.75 Å². The van der Waals surface area contributed by atoms with E-state index in [0.717, 1.165) is 6.42 Å². The molecule has 4 nitrogen and oxygen atoms in total. The number of benzene rings is 1. The molecule has 0 aliphatic carbocycles. The van der Waals surface area contributed by atoms with Crippen molar-refractivity contribution < 1.29 is 14.3 Å². The minimum absolute atomic E-state index is 0.0695. The summed E-state index contributed by atoms with van der Waals surface area (Å²) in [5.41, 5.74) is 0.588. The Morgan fingerprint density at radius 1 is 1.33 bits per heavy atom. The average Bonchev–Trinajstić information content (AvgIpc) is 2.43. The Hall–Kier alpha value is -2.02. The third-order valence-corrected chi connectivity index (χ3v) is 2.59. The van der Waals surface area contributed by atoms with Crippen LogP contribution in [0.4, 0.5) is 0 Å². The first-order chi connectivity index (χ1) is 8.67. The lowest BCUT2D eigenvalue weighted by Gasteiger charge is -2.10. The summed E-state index contributed by atoms with van der Waals surface area (Å²) < 4.78 is 10.4. The molecule has 0 spiro atoms. The molecule has 1 atom stereocenters. The maximum absolute atomic E-state index is 11.4. The first kappa shape index (κ1) is 14.0. The zero-order chi connectivity index (χ0) is 13.4. The highest BCUT2D eigenvalue weighted by Gasteiger charge is 2.11. The molecule has 1 rings (SSSR count). The monoisotopic (exact) mass is 247 g/mol. The molecule has 0 N–H and O–H groups in total. The van der Waals surface area contributed by atoms with E-state index in [0.29, 0.717) is 17.9 Å².